The molecule has 3 rings (SSSR count). The van der Waals surface area contributed by atoms with Crippen LogP contribution in [-0.4, -0.2) is 49.3 Å². The highest BCUT2D eigenvalue weighted by Crippen LogP contribution is 2.22. The Morgan fingerprint density at radius 2 is 2.04 bits per heavy atom. The first kappa shape index (κ1) is 20.7. The molecule has 0 N–H and O–H groups in total. The van der Waals surface area contributed by atoms with E-state index in [1.165, 1.54) is 0 Å². The Balaban J connectivity index is 1.67. The van der Waals surface area contributed by atoms with Gasteiger partial charge >= 0.3 is 0 Å². The number of ether oxygens (including phenoxy) is 1. The normalized spacial score (nSPS) is 16.4. The molecule has 1 amide bonds. The van der Waals surface area contributed by atoms with Crippen molar-refractivity contribution >= 4 is 23.2 Å². The standard InChI is InChI=1S/C21H28ClN3O3/c1-15-19(21(22)28-23-15)10-11-20(26)25(14-18-5-4-12-27-18)13-16-6-8-17(9-7-16)24(2)3/h6-9,18H,4-5,10-14H2,1-3H3. The molecule has 2 aromatic rings. The van der Waals surface area contributed by atoms with Gasteiger partial charge in [-0.2, -0.15) is 0 Å². The molecule has 28 heavy (non-hydrogen) atoms. The molecule has 0 bridgehead atoms. The minimum Gasteiger partial charge on any atom is -0.378 e. The fourth-order valence-electron chi connectivity index (χ4n) is 3.44. The maximum Gasteiger partial charge on any atom is 0.229 e. The Morgan fingerprint density at radius 1 is 1.29 bits per heavy atom. The van der Waals surface area contributed by atoms with Gasteiger partial charge in [0.1, 0.15) is 0 Å². The second-order valence-corrected chi connectivity index (χ2v) is 7.83. The molecule has 0 radical (unpaired) electrons. The lowest BCUT2D eigenvalue weighted by Gasteiger charge is -2.26. The zero-order valence-corrected chi connectivity index (χ0v) is 17.5. The van der Waals surface area contributed by atoms with Crippen LogP contribution in [0.25, 0.3) is 0 Å². The van der Waals surface area contributed by atoms with Crippen LogP contribution in [0.3, 0.4) is 0 Å². The van der Waals surface area contributed by atoms with Gasteiger partial charge in [-0.15, -0.1) is 0 Å². The number of benzene rings is 1. The highest BCUT2D eigenvalue weighted by atomic mass is 35.5. The van der Waals surface area contributed by atoms with Crippen molar-refractivity contribution < 1.29 is 14.1 Å². The van der Waals surface area contributed by atoms with E-state index >= 15 is 0 Å². The molecule has 1 saturated heterocycles. The number of aromatic nitrogens is 1. The Bertz CT molecular complexity index is 763. The number of amides is 1. The maximum absolute atomic E-state index is 13.0. The number of halogens is 1. The molecule has 0 spiro atoms. The van der Waals surface area contributed by atoms with Crippen molar-refractivity contribution in [2.45, 2.75) is 45.3 Å². The summed E-state index contributed by atoms with van der Waals surface area (Å²) < 4.78 is 10.8. The molecule has 6 nitrogen and oxygen atoms in total. The molecule has 0 saturated carbocycles. The second kappa shape index (κ2) is 9.43. The molecule has 1 aliphatic heterocycles. The summed E-state index contributed by atoms with van der Waals surface area (Å²) in [5.74, 6) is 0.0869. The minimum absolute atomic E-state index is 0.0869. The summed E-state index contributed by atoms with van der Waals surface area (Å²) in [5, 5.41) is 4.13. The van der Waals surface area contributed by atoms with E-state index < -0.39 is 0 Å². The number of nitrogens with zero attached hydrogens (tertiary/aromatic N) is 3. The lowest BCUT2D eigenvalue weighted by Crippen LogP contribution is -2.37. The number of carbonyl (C=O) groups excluding carboxylic acids is 1. The Hall–Kier alpha value is -2.05. The molecule has 1 aromatic heterocycles. The smallest absolute Gasteiger partial charge is 0.229 e. The summed E-state index contributed by atoms with van der Waals surface area (Å²) in [7, 11) is 4.03. The zero-order chi connectivity index (χ0) is 20.1. The first-order valence-corrected chi connectivity index (χ1v) is 10.1. The van der Waals surface area contributed by atoms with Gasteiger partial charge in [0.2, 0.25) is 11.1 Å². The summed E-state index contributed by atoms with van der Waals surface area (Å²) in [4.78, 5) is 17.0. The van der Waals surface area contributed by atoms with Crippen LogP contribution in [0, 0.1) is 6.92 Å². The number of hydrogen-bond acceptors (Lipinski definition) is 5. The van der Waals surface area contributed by atoms with Gasteiger partial charge < -0.3 is 19.1 Å². The number of rotatable bonds is 8. The van der Waals surface area contributed by atoms with E-state index in [9.17, 15) is 4.79 Å². The lowest BCUT2D eigenvalue weighted by molar-refractivity contribution is -0.133. The molecule has 2 heterocycles. The predicted octanol–water partition coefficient (Wildman–Crippen LogP) is 3.84. The van der Waals surface area contributed by atoms with E-state index in [0.717, 1.165) is 42.0 Å². The predicted molar refractivity (Wildman–Crippen MR) is 110 cm³/mol. The monoisotopic (exact) mass is 405 g/mol. The van der Waals surface area contributed by atoms with Crippen LogP contribution in [0.4, 0.5) is 5.69 Å². The molecule has 1 unspecified atom stereocenters. The summed E-state index contributed by atoms with van der Waals surface area (Å²) >= 11 is 6.04. The number of hydrogen-bond donors (Lipinski definition) is 0. The average molecular weight is 406 g/mol. The number of anilines is 1. The van der Waals surface area contributed by atoms with Crippen molar-refractivity contribution in [3.8, 4) is 0 Å². The molecular formula is C21H28ClN3O3. The third kappa shape index (κ3) is 5.26. The highest BCUT2D eigenvalue weighted by molar-refractivity contribution is 6.29. The molecule has 1 aliphatic rings. The van der Waals surface area contributed by atoms with Gasteiger partial charge in [-0.05, 0) is 55.5 Å². The van der Waals surface area contributed by atoms with Gasteiger partial charge in [0, 0.05) is 51.5 Å². The van der Waals surface area contributed by atoms with Gasteiger partial charge in [0.15, 0.2) is 0 Å². The van der Waals surface area contributed by atoms with Crippen LogP contribution in [0.1, 0.15) is 36.1 Å². The van der Waals surface area contributed by atoms with Gasteiger partial charge in [-0.1, -0.05) is 17.3 Å². The Kier molecular flexibility index (Phi) is 6.97. The van der Waals surface area contributed by atoms with Gasteiger partial charge in [0.25, 0.3) is 0 Å². The summed E-state index contributed by atoms with van der Waals surface area (Å²) in [6, 6.07) is 8.30. The second-order valence-electron chi connectivity index (χ2n) is 7.49. The van der Waals surface area contributed by atoms with Crippen LogP contribution in [0.15, 0.2) is 28.8 Å². The Labute approximate surface area is 171 Å². The van der Waals surface area contributed by atoms with E-state index in [0.29, 0.717) is 25.9 Å². The van der Waals surface area contributed by atoms with E-state index in [4.69, 9.17) is 20.9 Å². The molecule has 1 aromatic carbocycles. The van der Waals surface area contributed by atoms with Gasteiger partial charge in [-0.3, -0.25) is 4.79 Å². The summed E-state index contributed by atoms with van der Waals surface area (Å²) in [6.07, 6.45) is 3.06. The fourth-order valence-corrected chi connectivity index (χ4v) is 3.70. The SMILES string of the molecule is Cc1noc(Cl)c1CCC(=O)N(Cc1ccc(N(C)C)cc1)CC1CCCO1. The molecule has 1 fully saturated rings. The van der Waals surface area contributed by atoms with E-state index in [-0.39, 0.29) is 17.2 Å². The largest absolute Gasteiger partial charge is 0.378 e. The fraction of sp³-hybridized carbons (Fsp3) is 0.524. The van der Waals surface area contributed by atoms with Crippen LogP contribution in [-0.2, 0) is 22.5 Å². The molecule has 152 valence electrons. The average Bonchev–Trinajstić information content (AvgIpc) is 3.30. The van der Waals surface area contributed by atoms with Crippen LogP contribution >= 0.6 is 11.6 Å². The highest BCUT2D eigenvalue weighted by Gasteiger charge is 2.23. The van der Waals surface area contributed by atoms with Gasteiger partial charge in [0.05, 0.1) is 11.8 Å². The third-order valence-electron chi connectivity index (χ3n) is 5.15. The number of carbonyl (C=O) groups is 1. The van der Waals surface area contributed by atoms with Crippen molar-refractivity contribution in [3.63, 3.8) is 0 Å². The van der Waals surface area contributed by atoms with Crippen LogP contribution < -0.4 is 4.90 Å². The zero-order valence-electron chi connectivity index (χ0n) is 16.8. The lowest BCUT2D eigenvalue weighted by atomic mass is 10.1. The summed E-state index contributed by atoms with van der Waals surface area (Å²) in [5.41, 5.74) is 3.79. The van der Waals surface area contributed by atoms with Crippen LogP contribution in [0.5, 0.6) is 0 Å². The van der Waals surface area contributed by atoms with E-state index in [1.54, 1.807) is 0 Å². The third-order valence-corrected chi connectivity index (χ3v) is 5.45. The van der Waals surface area contributed by atoms with Crippen molar-refractivity contribution in [2.24, 2.45) is 0 Å². The van der Waals surface area contributed by atoms with Crippen molar-refractivity contribution in [1.29, 1.82) is 0 Å². The summed E-state index contributed by atoms with van der Waals surface area (Å²) in [6.45, 7) is 3.80. The maximum atomic E-state index is 13.0. The van der Waals surface area contributed by atoms with E-state index in [1.807, 2.05) is 25.9 Å². The van der Waals surface area contributed by atoms with E-state index in [2.05, 4.69) is 34.3 Å². The van der Waals surface area contributed by atoms with Gasteiger partial charge in [-0.25, -0.2) is 0 Å². The van der Waals surface area contributed by atoms with Crippen molar-refractivity contribution in [1.82, 2.24) is 10.1 Å². The number of aryl methyl sites for hydroxylation is 1. The Morgan fingerprint density at radius 3 is 2.61 bits per heavy atom. The quantitative estimate of drug-likeness (QED) is 0.667. The molecular weight excluding hydrogens is 378 g/mol. The van der Waals surface area contributed by atoms with Crippen molar-refractivity contribution in [3.05, 3.63) is 46.3 Å². The van der Waals surface area contributed by atoms with Crippen LogP contribution in [0.2, 0.25) is 5.22 Å². The molecule has 7 heteroatoms. The van der Waals surface area contributed by atoms with Crippen molar-refractivity contribution in [2.75, 3.05) is 32.1 Å². The first-order chi connectivity index (χ1) is 13.4. The molecule has 1 atom stereocenters. The molecule has 0 aliphatic carbocycles. The minimum atomic E-state index is 0.0869. The topological polar surface area (TPSA) is 58.8 Å². The first-order valence-electron chi connectivity index (χ1n) is 9.70.